The molecule has 1 aliphatic heterocycles. The molecule has 23 heavy (non-hydrogen) atoms. The minimum absolute atomic E-state index is 0. The molecule has 4 nitrogen and oxygen atoms in total. The normalized spacial score (nSPS) is 15.0. The number of nitrogens with one attached hydrogen (secondary N) is 2. The Balaban J connectivity index is 0.00000264. The van der Waals surface area contributed by atoms with Crippen LogP contribution in [0.25, 0.3) is 0 Å². The lowest BCUT2D eigenvalue weighted by molar-refractivity contribution is -0.120. The maximum atomic E-state index is 11.8. The quantitative estimate of drug-likeness (QED) is 0.734. The molecule has 0 unspecified atom stereocenters. The SMILES string of the molecule is Cc1ccc(SCCC(=O)NCCN2CCNCC2)cc1C.Cl. The smallest absolute Gasteiger partial charge is 0.220 e. The molecule has 6 heteroatoms. The molecule has 0 spiro atoms. The van der Waals surface area contributed by atoms with Crippen molar-refractivity contribution in [2.45, 2.75) is 25.2 Å². The van der Waals surface area contributed by atoms with Crippen LogP contribution in [-0.4, -0.2) is 55.8 Å². The van der Waals surface area contributed by atoms with Gasteiger partial charge < -0.3 is 10.6 Å². The van der Waals surface area contributed by atoms with E-state index in [9.17, 15) is 4.79 Å². The van der Waals surface area contributed by atoms with Crippen molar-refractivity contribution >= 4 is 30.1 Å². The molecule has 1 amide bonds. The minimum Gasteiger partial charge on any atom is -0.355 e. The third-order valence-corrected chi connectivity index (χ3v) is 5.03. The van der Waals surface area contributed by atoms with E-state index in [4.69, 9.17) is 0 Å². The molecule has 2 N–H and O–H groups in total. The zero-order chi connectivity index (χ0) is 15.8. The molecule has 1 heterocycles. The lowest BCUT2D eigenvalue weighted by Gasteiger charge is -2.27. The summed E-state index contributed by atoms with van der Waals surface area (Å²) in [6.45, 7) is 10.2. The summed E-state index contributed by atoms with van der Waals surface area (Å²) in [7, 11) is 0. The van der Waals surface area contributed by atoms with E-state index in [1.807, 2.05) is 0 Å². The van der Waals surface area contributed by atoms with E-state index in [2.05, 4.69) is 47.6 Å². The van der Waals surface area contributed by atoms with Gasteiger partial charge in [0.25, 0.3) is 0 Å². The van der Waals surface area contributed by atoms with Crippen molar-refractivity contribution in [3.63, 3.8) is 0 Å². The summed E-state index contributed by atoms with van der Waals surface area (Å²) in [6.07, 6.45) is 0.582. The van der Waals surface area contributed by atoms with Gasteiger partial charge in [-0.15, -0.1) is 24.2 Å². The number of rotatable bonds is 7. The first kappa shape index (κ1) is 20.3. The second-order valence-electron chi connectivity index (χ2n) is 5.79. The number of thioether (sulfide) groups is 1. The van der Waals surface area contributed by atoms with Gasteiger partial charge in [-0.3, -0.25) is 9.69 Å². The third-order valence-electron chi connectivity index (χ3n) is 4.04. The molecule has 130 valence electrons. The Morgan fingerprint density at radius 3 is 2.70 bits per heavy atom. The van der Waals surface area contributed by atoms with Gasteiger partial charge in [-0.2, -0.15) is 0 Å². The maximum absolute atomic E-state index is 11.8. The lowest BCUT2D eigenvalue weighted by Crippen LogP contribution is -2.46. The summed E-state index contributed by atoms with van der Waals surface area (Å²) < 4.78 is 0. The van der Waals surface area contributed by atoms with Crippen LogP contribution in [0, 0.1) is 13.8 Å². The van der Waals surface area contributed by atoms with Gasteiger partial charge in [-0.1, -0.05) is 6.07 Å². The summed E-state index contributed by atoms with van der Waals surface area (Å²) in [6, 6.07) is 6.48. The molecule has 1 aromatic carbocycles. The van der Waals surface area contributed by atoms with E-state index in [-0.39, 0.29) is 18.3 Å². The van der Waals surface area contributed by atoms with Crippen molar-refractivity contribution in [1.29, 1.82) is 0 Å². The number of hydrogen-bond acceptors (Lipinski definition) is 4. The lowest BCUT2D eigenvalue weighted by atomic mass is 10.1. The third kappa shape index (κ3) is 7.57. The van der Waals surface area contributed by atoms with Crippen molar-refractivity contribution in [2.24, 2.45) is 0 Å². The number of hydrogen-bond donors (Lipinski definition) is 2. The number of halogens is 1. The van der Waals surface area contributed by atoms with Crippen molar-refractivity contribution < 1.29 is 4.79 Å². The summed E-state index contributed by atoms with van der Waals surface area (Å²) in [5.74, 6) is 0.994. The fourth-order valence-electron chi connectivity index (χ4n) is 2.44. The summed E-state index contributed by atoms with van der Waals surface area (Å²) >= 11 is 1.75. The van der Waals surface area contributed by atoms with Gasteiger partial charge >= 0.3 is 0 Å². The number of carbonyl (C=O) groups is 1. The standard InChI is InChI=1S/C17H27N3OS.ClH/c1-14-3-4-16(13-15(14)2)22-12-5-17(21)19-8-11-20-9-6-18-7-10-20;/h3-4,13,18H,5-12H2,1-2H3,(H,19,21);1H. The van der Waals surface area contributed by atoms with Crippen molar-refractivity contribution in [3.05, 3.63) is 29.3 Å². The van der Waals surface area contributed by atoms with Gasteiger partial charge in [0.1, 0.15) is 0 Å². The molecule has 0 bridgehead atoms. The second-order valence-corrected chi connectivity index (χ2v) is 6.95. The zero-order valence-electron chi connectivity index (χ0n) is 14.1. The van der Waals surface area contributed by atoms with E-state index in [1.165, 1.54) is 16.0 Å². The van der Waals surface area contributed by atoms with Gasteiger partial charge in [-0.05, 0) is 37.1 Å². The Morgan fingerprint density at radius 2 is 2.00 bits per heavy atom. The van der Waals surface area contributed by atoms with Crippen molar-refractivity contribution in [3.8, 4) is 0 Å². The van der Waals surface area contributed by atoms with Gasteiger partial charge in [0.2, 0.25) is 5.91 Å². The number of carbonyl (C=O) groups excluding carboxylic acids is 1. The van der Waals surface area contributed by atoms with Crippen LogP contribution in [0.3, 0.4) is 0 Å². The van der Waals surface area contributed by atoms with Gasteiger partial charge in [-0.25, -0.2) is 0 Å². The zero-order valence-corrected chi connectivity index (χ0v) is 15.7. The van der Waals surface area contributed by atoms with Crippen LogP contribution in [0.5, 0.6) is 0 Å². The van der Waals surface area contributed by atoms with Crippen LogP contribution < -0.4 is 10.6 Å². The topological polar surface area (TPSA) is 44.4 Å². The first-order valence-corrected chi connectivity index (χ1v) is 9.03. The monoisotopic (exact) mass is 357 g/mol. The highest BCUT2D eigenvalue weighted by molar-refractivity contribution is 7.99. The molecule has 2 rings (SSSR count). The van der Waals surface area contributed by atoms with E-state index < -0.39 is 0 Å². The molecule has 0 atom stereocenters. The van der Waals surface area contributed by atoms with Crippen LogP contribution >= 0.6 is 24.2 Å². The van der Waals surface area contributed by atoms with Gasteiger partial charge in [0, 0.05) is 56.3 Å². The predicted octanol–water partition coefficient (Wildman–Crippen LogP) is 2.23. The number of benzene rings is 1. The highest BCUT2D eigenvalue weighted by Crippen LogP contribution is 2.21. The summed E-state index contributed by atoms with van der Waals surface area (Å²) in [4.78, 5) is 15.5. The maximum Gasteiger partial charge on any atom is 0.220 e. The first-order chi connectivity index (χ1) is 10.6. The number of amides is 1. The number of piperazine rings is 1. The highest BCUT2D eigenvalue weighted by Gasteiger charge is 2.09. The van der Waals surface area contributed by atoms with E-state index in [0.717, 1.165) is 45.0 Å². The highest BCUT2D eigenvalue weighted by atomic mass is 35.5. The first-order valence-electron chi connectivity index (χ1n) is 8.05. The Bertz CT molecular complexity index is 493. The Kier molecular flexibility index (Phi) is 9.63. The molecule has 0 aliphatic carbocycles. The van der Waals surface area contributed by atoms with Crippen molar-refractivity contribution in [2.75, 3.05) is 45.0 Å². The molecule has 0 aromatic heterocycles. The molecule has 1 fully saturated rings. The van der Waals surface area contributed by atoms with E-state index >= 15 is 0 Å². The molecule has 0 radical (unpaired) electrons. The average Bonchev–Trinajstić information content (AvgIpc) is 2.52. The number of aryl methyl sites for hydroxylation is 2. The van der Waals surface area contributed by atoms with Gasteiger partial charge in [0.05, 0.1) is 0 Å². The Morgan fingerprint density at radius 1 is 1.26 bits per heavy atom. The minimum atomic E-state index is 0. The molecular weight excluding hydrogens is 330 g/mol. The van der Waals surface area contributed by atoms with Crippen LogP contribution in [0.2, 0.25) is 0 Å². The van der Waals surface area contributed by atoms with Crippen LogP contribution in [0.1, 0.15) is 17.5 Å². The number of nitrogens with zero attached hydrogens (tertiary/aromatic N) is 1. The fourth-order valence-corrected chi connectivity index (χ4v) is 3.39. The molecule has 1 aliphatic rings. The van der Waals surface area contributed by atoms with Gasteiger partial charge in [0.15, 0.2) is 0 Å². The Labute approximate surface area is 150 Å². The van der Waals surface area contributed by atoms with E-state index in [1.54, 1.807) is 11.8 Å². The van der Waals surface area contributed by atoms with Crippen LogP contribution in [0.15, 0.2) is 23.1 Å². The molecule has 1 saturated heterocycles. The second kappa shape index (κ2) is 10.9. The van der Waals surface area contributed by atoms with Crippen LogP contribution in [-0.2, 0) is 4.79 Å². The molecular formula is C17H28ClN3OS. The average molecular weight is 358 g/mol. The predicted molar refractivity (Wildman–Crippen MR) is 101 cm³/mol. The fraction of sp³-hybridized carbons (Fsp3) is 0.588. The Hall–Kier alpha value is -0.750. The molecule has 0 saturated carbocycles. The molecule has 1 aromatic rings. The van der Waals surface area contributed by atoms with Crippen LogP contribution in [0.4, 0.5) is 0 Å². The summed E-state index contributed by atoms with van der Waals surface area (Å²) in [5, 5.41) is 6.36. The van der Waals surface area contributed by atoms with Crippen molar-refractivity contribution in [1.82, 2.24) is 15.5 Å². The van der Waals surface area contributed by atoms with E-state index in [0.29, 0.717) is 6.42 Å². The summed E-state index contributed by atoms with van der Waals surface area (Å²) in [5.41, 5.74) is 2.63. The largest absolute Gasteiger partial charge is 0.355 e.